The van der Waals surface area contributed by atoms with Gasteiger partial charge in [-0.1, -0.05) is 36.4 Å². The van der Waals surface area contributed by atoms with Crippen LogP contribution in [0.25, 0.3) is 21.8 Å². The van der Waals surface area contributed by atoms with Gasteiger partial charge in [0, 0.05) is 23.1 Å². The highest BCUT2D eigenvalue weighted by atomic mass is 32.1. The lowest BCUT2D eigenvalue weighted by atomic mass is 10.1. The molecule has 0 saturated heterocycles. The van der Waals surface area contributed by atoms with Gasteiger partial charge in [0.1, 0.15) is 10.8 Å². The van der Waals surface area contributed by atoms with E-state index in [0.717, 1.165) is 33.0 Å². The maximum absolute atomic E-state index is 13.0. The number of ether oxygens (including phenoxy) is 2. The number of thiazole rings is 1. The van der Waals surface area contributed by atoms with Gasteiger partial charge in [-0.2, -0.15) is 0 Å². The summed E-state index contributed by atoms with van der Waals surface area (Å²) < 4.78 is 23.7. The minimum atomic E-state index is -0.310. The Morgan fingerprint density at radius 2 is 1.58 bits per heavy atom. The molecule has 0 saturated carbocycles. The Kier molecular flexibility index (Phi) is 7.00. The van der Waals surface area contributed by atoms with Gasteiger partial charge in [-0.15, -0.1) is 11.3 Å². The third kappa shape index (κ3) is 5.56. The van der Waals surface area contributed by atoms with E-state index in [1.165, 1.54) is 12.1 Å². The standard InChI is InChI=1S/C26H23FN2O3S/c1-31-23-12-9-20(14-24(23)32-2)22-16-33-26(29-22)19-7-3-18(4-8-19)15-28-25(30)13-17-5-10-21(27)11-6-17/h3-12,14,16H,13,15H2,1-2H3,(H,28,30). The van der Waals surface area contributed by atoms with Crippen LogP contribution < -0.4 is 14.8 Å². The summed E-state index contributed by atoms with van der Waals surface area (Å²) in [6.45, 7) is 0.426. The lowest BCUT2D eigenvalue weighted by Gasteiger charge is -2.08. The number of methoxy groups -OCH3 is 2. The summed E-state index contributed by atoms with van der Waals surface area (Å²) in [5.74, 6) is 0.924. The molecule has 7 heteroatoms. The highest BCUT2D eigenvalue weighted by Crippen LogP contribution is 2.34. The first-order chi connectivity index (χ1) is 16.1. The highest BCUT2D eigenvalue weighted by molar-refractivity contribution is 7.13. The van der Waals surface area contributed by atoms with Crippen LogP contribution in [0.4, 0.5) is 4.39 Å². The van der Waals surface area contributed by atoms with Crippen molar-refractivity contribution in [1.29, 1.82) is 0 Å². The molecule has 0 atom stereocenters. The molecule has 0 fully saturated rings. The largest absolute Gasteiger partial charge is 0.493 e. The van der Waals surface area contributed by atoms with E-state index in [0.29, 0.717) is 18.0 Å². The summed E-state index contributed by atoms with van der Waals surface area (Å²) in [6, 6.07) is 19.6. The molecule has 1 N–H and O–H groups in total. The van der Waals surface area contributed by atoms with Gasteiger partial charge in [-0.25, -0.2) is 9.37 Å². The normalized spacial score (nSPS) is 10.6. The van der Waals surface area contributed by atoms with E-state index in [1.807, 2.05) is 47.8 Å². The number of amides is 1. The molecular weight excluding hydrogens is 439 g/mol. The number of nitrogens with zero attached hydrogens (tertiary/aromatic N) is 1. The molecule has 1 heterocycles. The maximum atomic E-state index is 13.0. The second-order valence-corrected chi connectivity index (χ2v) is 8.24. The van der Waals surface area contributed by atoms with Crippen LogP contribution in [0.5, 0.6) is 11.5 Å². The van der Waals surface area contributed by atoms with Gasteiger partial charge in [0.15, 0.2) is 11.5 Å². The van der Waals surface area contributed by atoms with Crippen LogP contribution in [0.1, 0.15) is 11.1 Å². The van der Waals surface area contributed by atoms with Crippen molar-refractivity contribution in [2.75, 3.05) is 14.2 Å². The fourth-order valence-electron chi connectivity index (χ4n) is 3.35. The van der Waals surface area contributed by atoms with Crippen LogP contribution in [-0.4, -0.2) is 25.1 Å². The summed E-state index contributed by atoms with van der Waals surface area (Å²) in [5, 5.41) is 5.82. The van der Waals surface area contributed by atoms with Crippen LogP contribution in [0.3, 0.4) is 0 Å². The van der Waals surface area contributed by atoms with Crippen molar-refractivity contribution in [3.05, 3.63) is 89.1 Å². The van der Waals surface area contributed by atoms with Crippen molar-refractivity contribution < 1.29 is 18.7 Å². The second kappa shape index (κ2) is 10.3. The zero-order valence-corrected chi connectivity index (χ0v) is 19.1. The van der Waals surface area contributed by atoms with Crippen LogP contribution in [0.15, 0.2) is 72.1 Å². The number of halogens is 1. The summed E-state index contributed by atoms with van der Waals surface area (Å²) in [7, 11) is 3.22. The number of hydrogen-bond donors (Lipinski definition) is 1. The molecule has 1 aromatic heterocycles. The van der Waals surface area contributed by atoms with Crippen molar-refractivity contribution >= 4 is 17.2 Å². The third-order valence-corrected chi connectivity index (χ3v) is 6.04. The van der Waals surface area contributed by atoms with E-state index >= 15 is 0 Å². The minimum Gasteiger partial charge on any atom is -0.493 e. The molecule has 0 aliphatic heterocycles. The quantitative estimate of drug-likeness (QED) is 0.376. The van der Waals surface area contributed by atoms with E-state index in [-0.39, 0.29) is 18.1 Å². The average molecular weight is 463 g/mol. The number of carbonyl (C=O) groups excluding carboxylic acids is 1. The molecule has 168 valence electrons. The SMILES string of the molecule is COc1ccc(-c2csc(-c3ccc(CNC(=O)Cc4ccc(F)cc4)cc3)n2)cc1OC. The molecule has 3 aromatic carbocycles. The Balaban J connectivity index is 1.38. The molecule has 0 radical (unpaired) electrons. The Labute approximate surface area is 195 Å². The topological polar surface area (TPSA) is 60.5 Å². The molecule has 0 unspecified atom stereocenters. The zero-order chi connectivity index (χ0) is 23.2. The molecule has 4 aromatic rings. The molecule has 0 aliphatic rings. The maximum Gasteiger partial charge on any atom is 0.224 e. The smallest absolute Gasteiger partial charge is 0.224 e. The molecule has 4 rings (SSSR count). The first-order valence-corrected chi connectivity index (χ1v) is 11.2. The number of nitrogens with one attached hydrogen (secondary N) is 1. The fraction of sp³-hybridized carbons (Fsp3) is 0.154. The summed E-state index contributed by atoms with van der Waals surface area (Å²) in [4.78, 5) is 16.9. The van der Waals surface area contributed by atoms with E-state index in [9.17, 15) is 9.18 Å². The molecule has 1 amide bonds. The first-order valence-electron chi connectivity index (χ1n) is 10.3. The minimum absolute atomic E-state index is 0.106. The Bertz CT molecular complexity index is 1240. The number of rotatable bonds is 8. The van der Waals surface area contributed by atoms with E-state index < -0.39 is 0 Å². The fourth-order valence-corrected chi connectivity index (χ4v) is 4.19. The Morgan fingerprint density at radius 3 is 2.27 bits per heavy atom. The second-order valence-electron chi connectivity index (χ2n) is 7.38. The van der Waals surface area contributed by atoms with Gasteiger partial charge in [0.25, 0.3) is 0 Å². The molecule has 0 aliphatic carbocycles. The van der Waals surface area contributed by atoms with E-state index in [1.54, 1.807) is 37.7 Å². The van der Waals surface area contributed by atoms with Gasteiger partial charge in [0.05, 0.1) is 26.3 Å². The molecule has 0 bridgehead atoms. The van der Waals surface area contributed by atoms with Crippen LogP contribution in [0, 0.1) is 5.82 Å². The Morgan fingerprint density at radius 1 is 0.909 bits per heavy atom. The van der Waals surface area contributed by atoms with Gasteiger partial charge in [0.2, 0.25) is 5.91 Å². The predicted molar refractivity (Wildman–Crippen MR) is 128 cm³/mol. The van der Waals surface area contributed by atoms with Crippen LogP contribution in [0.2, 0.25) is 0 Å². The van der Waals surface area contributed by atoms with Crippen molar-refractivity contribution in [2.45, 2.75) is 13.0 Å². The number of benzene rings is 3. The lowest BCUT2D eigenvalue weighted by Crippen LogP contribution is -2.24. The summed E-state index contributed by atoms with van der Waals surface area (Å²) in [6.07, 6.45) is 0.219. The van der Waals surface area contributed by atoms with Gasteiger partial charge >= 0.3 is 0 Å². The number of aromatic nitrogens is 1. The summed E-state index contributed by atoms with van der Waals surface area (Å²) in [5.41, 5.74) is 4.60. The third-order valence-electron chi connectivity index (χ3n) is 5.15. The van der Waals surface area contributed by atoms with Crippen molar-refractivity contribution in [3.63, 3.8) is 0 Å². The molecular formula is C26H23FN2O3S. The first kappa shape index (κ1) is 22.5. The average Bonchev–Trinajstić information content (AvgIpc) is 3.34. The molecule has 0 spiro atoms. The van der Waals surface area contributed by atoms with Crippen LogP contribution >= 0.6 is 11.3 Å². The van der Waals surface area contributed by atoms with Gasteiger partial charge in [-0.3, -0.25) is 4.79 Å². The van der Waals surface area contributed by atoms with Crippen molar-refractivity contribution in [1.82, 2.24) is 10.3 Å². The highest BCUT2D eigenvalue weighted by Gasteiger charge is 2.11. The number of carbonyl (C=O) groups is 1. The van der Waals surface area contributed by atoms with Gasteiger partial charge in [-0.05, 0) is 41.5 Å². The number of hydrogen-bond acceptors (Lipinski definition) is 5. The zero-order valence-electron chi connectivity index (χ0n) is 18.3. The summed E-state index contributed by atoms with van der Waals surface area (Å²) >= 11 is 1.57. The lowest BCUT2D eigenvalue weighted by molar-refractivity contribution is -0.120. The molecule has 5 nitrogen and oxygen atoms in total. The Hall–Kier alpha value is -3.71. The van der Waals surface area contributed by atoms with Crippen molar-refractivity contribution in [2.24, 2.45) is 0 Å². The monoisotopic (exact) mass is 462 g/mol. The van der Waals surface area contributed by atoms with E-state index in [4.69, 9.17) is 14.5 Å². The predicted octanol–water partition coefficient (Wildman–Crippen LogP) is 5.49. The molecule has 33 heavy (non-hydrogen) atoms. The van der Waals surface area contributed by atoms with Crippen molar-refractivity contribution in [3.8, 4) is 33.3 Å². The van der Waals surface area contributed by atoms with E-state index in [2.05, 4.69) is 5.32 Å². The van der Waals surface area contributed by atoms with Crippen LogP contribution in [-0.2, 0) is 17.8 Å². The van der Waals surface area contributed by atoms with Gasteiger partial charge < -0.3 is 14.8 Å².